The molecule has 0 spiro atoms. The van der Waals surface area contributed by atoms with E-state index >= 15 is 0 Å². The molecule has 0 bridgehead atoms. The van der Waals surface area contributed by atoms with Crippen LogP contribution in [0.1, 0.15) is 32.2 Å². The number of rotatable bonds is 1. The van der Waals surface area contributed by atoms with Crippen LogP contribution in [0, 0.1) is 16.5 Å². The Kier molecular flexibility index (Phi) is 2.54. The zero-order valence-corrected chi connectivity index (χ0v) is 10.6. The molecule has 1 saturated carbocycles. The molecule has 2 unspecified atom stereocenters. The molecule has 1 aromatic heterocycles. The maximum Gasteiger partial charge on any atom is 0.178 e. The molecule has 2 aromatic rings. The fourth-order valence-corrected chi connectivity index (χ4v) is 3.23. The Morgan fingerprint density at radius 2 is 2.24 bits per heavy atom. The third kappa shape index (κ3) is 1.80. The van der Waals surface area contributed by atoms with Gasteiger partial charge in [0.2, 0.25) is 0 Å². The van der Waals surface area contributed by atoms with E-state index < -0.39 is 0 Å². The molecule has 0 radical (unpaired) electrons. The van der Waals surface area contributed by atoms with Crippen LogP contribution in [-0.2, 0) is 0 Å². The number of aromatic amines is 1. The van der Waals surface area contributed by atoms with Gasteiger partial charge in [0.15, 0.2) is 4.77 Å². The lowest BCUT2D eigenvalue weighted by Crippen LogP contribution is -2.05. The van der Waals surface area contributed by atoms with E-state index in [-0.39, 0.29) is 5.82 Å². The third-order valence-electron chi connectivity index (χ3n) is 3.71. The molecular formula is C13H15FN2S. The lowest BCUT2D eigenvalue weighted by atomic mass is 10.1. The molecule has 1 aromatic carbocycles. The van der Waals surface area contributed by atoms with Crippen molar-refractivity contribution in [2.45, 2.75) is 32.2 Å². The number of nitrogens with one attached hydrogen (secondary N) is 1. The third-order valence-corrected chi connectivity index (χ3v) is 4.01. The smallest absolute Gasteiger partial charge is 0.178 e. The SMILES string of the molecule is CC1CCC(n2c(=S)[nH]c3ccc(F)cc32)C1. The molecule has 0 amide bonds. The van der Waals surface area contributed by atoms with E-state index in [4.69, 9.17) is 12.2 Å². The first-order valence-electron chi connectivity index (χ1n) is 6.05. The van der Waals surface area contributed by atoms with Gasteiger partial charge in [0.25, 0.3) is 0 Å². The number of imidazole rings is 1. The van der Waals surface area contributed by atoms with Gasteiger partial charge >= 0.3 is 0 Å². The van der Waals surface area contributed by atoms with Crippen LogP contribution in [0.25, 0.3) is 11.0 Å². The summed E-state index contributed by atoms with van der Waals surface area (Å²) in [6.07, 6.45) is 3.51. The van der Waals surface area contributed by atoms with Crippen molar-refractivity contribution >= 4 is 23.3 Å². The first-order chi connectivity index (χ1) is 8.15. The van der Waals surface area contributed by atoms with Crippen molar-refractivity contribution in [3.63, 3.8) is 0 Å². The van der Waals surface area contributed by atoms with Gasteiger partial charge in [-0.05, 0) is 55.6 Å². The highest BCUT2D eigenvalue weighted by Gasteiger charge is 2.24. The summed E-state index contributed by atoms with van der Waals surface area (Å²) in [5.41, 5.74) is 1.82. The van der Waals surface area contributed by atoms with Crippen LogP contribution in [-0.4, -0.2) is 9.55 Å². The van der Waals surface area contributed by atoms with Gasteiger partial charge in [0.1, 0.15) is 5.82 Å². The van der Waals surface area contributed by atoms with Crippen molar-refractivity contribution in [2.24, 2.45) is 5.92 Å². The van der Waals surface area contributed by atoms with E-state index in [1.165, 1.54) is 12.5 Å². The molecular weight excluding hydrogens is 235 g/mol. The van der Waals surface area contributed by atoms with Crippen molar-refractivity contribution < 1.29 is 4.39 Å². The molecule has 3 rings (SSSR count). The lowest BCUT2D eigenvalue weighted by molar-refractivity contribution is 0.499. The summed E-state index contributed by atoms with van der Waals surface area (Å²) in [5, 5.41) is 0. The first-order valence-corrected chi connectivity index (χ1v) is 6.46. The number of aromatic nitrogens is 2. The Bertz CT molecular complexity index is 613. The monoisotopic (exact) mass is 250 g/mol. The van der Waals surface area contributed by atoms with Crippen molar-refractivity contribution in [1.82, 2.24) is 9.55 Å². The molecule has 4 heteroatoms. The molecule has 17 heavy (non-hydrogen) atoms. The fraction of sp³-hybridized carbons (Fsp3) is 0.462. The van der Waals surface area contributed by atoms with Crippen LogP contribution >= 0.6 is 12.2 Å². The van der Waals surface area contributed by atoms with Crippen LogP contribution in [0.5, 0.6) is 0 Å². The van der Waals surface area contributed by atoms with E-state index in [0.717, 1.165) is 29.8 Å². The van der Waals surface area contributed by atoms with Gasteiger partial charge < -0.3 is 9.55 Å². The van der Waals surface area contributed by atoms with E-state index in [1.807, 2.05) is 0 Å². The highest BCUT2D eigenvalue weighted by atomic mass is 32.1. The summed E-state index contributed by atoms with van der Waals surface area (Å²) < 4.78 is 16.1. The highest BCUT2D eigenvalue weighted by Crippen LogP contribution is 2.36. The predicted octanol–water partition coefficient (Wildman–Crippen LogP) is 4.20. The Hall–Kier alpha value is -1.16. The van der Waals surface area contributed by atoms with Crippen LogP contribution in [0.15, 0.2) is 18.2 Å². The lowest BCUT2D eigenvalue weighted by Gasteiger charge is -2.13. The zero-order valence-electron chi connectivity index (χ0n) is 9.74. The summed E-state index contributed by atoms with van der Waals surface area (Å²) in [5.74, 6) is 0.534. The zero-order chi connectivity index (χ0) is 12.0. The normalized spacial score (nSPS) is 24.6. The molecule has 2 nitrogen and oxygen atoms in total. The summed E-state index contributed by atoms with van der Waals surface area (Å²) in [6.45, 7) is 2.26. The highest BCUT2D eigenvalue weighted by molar-refractivity contribution is 7.71. The standard InChI is InChI=1S/C13H15FN2S/c1-8-2-4-10(6-8)16-12-7-9(14)3-5-11(12)15-13(16)17/h3,5,7-8,10H,2,4,6H2,1H3,(H,15,17). The van der Waals surface area contributed by atoms with Crippen molar-refractivity contribution in [2.75, 3.05) is 0 Å². The average molecular weight is 250 g/mol. The number of benzene rings is 1. The summed E-state index contributed by atoms with van der Waals surface area (Å²) >= 11 is 5.36. The van der Waals surface area contributed by atoms with E-state index in [0.29, 0.717) is 10.8 Å². The average Bonchev–Trinajstić information content (AvgIpc) is 2.81. The number of H-pyrrole nitrogens is 1. The second-order valence-electron chi connectivity index (χ2n) is 5.03. The number of fused-ring (bicyclic) bond motifs is 1. The Morgan fingerprint density at radius 3 is 2.94 bits per heavy atom. The molecule has 1 heterocycles. The van der Waals surface area contributed by atoms with Crippen LogP contribution in [0.2, 0.25) is 0 Å². The van der Waals surface area contributed by atoms with Crippen LogP contribution < -0.4 is 0 Å². The van der Waals surface area contributed by atoms with Gasteiger partial charge in [-0.25, -0.2) is 4.39 Å². The molecule has 1 aliphatic carbocycles. The minimum Gasteiger partial charge on any atom is -0.331 e. The second kappa shape index (κ2) is 3.95. The van der Waals surface area contributed by atoms with Gasteiger partial charge in [0, 0.05) is 6.04 Å². The van der Waals surface area contributed by atoms with Gasteiger partial charge in [-0.2, -0.15) is 0 Å². The van der Waals surface area contributed by atoms with Crippen molar-refractivity contribution in [1.29, 1.82) is 0 Å². The number of halogens is 1. The fourth-order valence-electron chi connectivity index (χ4n) is 2.87. The number of hydrogen-bond acceptors (Lipinski definition) is 1. The minimum absolute atomic E-state index is 0.203. The van der Waals surface area contributed by atoms with Gasteiger partial charge in [-0.3, -0.25) is 0 Å². The number of hydrogen-bond donors (Lipinski definition) is 1. The predicted molar refractivity (Wildman–Crippen MR) is 69.1 cm³/mol. The minimum atomic E-state index is -0.203. The Labute approximate surface area is 104 Å². The molecule has 0 saturated heterocycles. The number of nitrogens with zero attached hydrogens (tertiary/aromatic N) is 1. The van der Waals surface area contributed by atoms with Gasteiger partial charge in [0.05, 0.1) is 11.0 Å². The van der Waals surface area contributed by atoms with E-state index in [9.17, 15) is 4.39 Å². The molecule has 1 aliphatic rings. The topological polar surface area (TPSA) is 20.7 Å². The Morgan fingerprint density at radius 1 is 1.41 bits per heavy atom. The quantitative estimate of drug-likeness (QED) is 0.752. The maximum absolute atomic E-state index is 13.3. The largest absolute Gasteiger partial charge is 0.331 e. The second-order valence-corrected chi connectivity index (χ2v) is 5.42. The molecule has 1 N–H and O–H groups in total. The maximum atomic E-state index is 13.3. The van der Waals surface area contributed by atoms with E-state index in [1.54, 1.807) is 12.1 Å². The van der Waals surface area contributed by atoms with Crippen LogP contribution in [0.3, 0.4) is 0 Å². The first kappa shape index (κ1) is 11.0. The van der Waals surface area contributed by atoms with Crippen molar-refractivity contribution in [3.8, 4) is 0 Å². The Balaban J connectivity index is 2.17. The molecule has 1 fully saturated rings. The van der Waals surface area contributed by atoms with Crippen molar-refractivity contribution in [3.05, 3.63) is 28.8 Å². The summed E-state index contributed by atoms with van der Waals surface area (Å²) in [4.78, 5) is 3.16. The molecule has 2 atom stereocenters. The van der Waals surface area contributed by atoms with Gasteiger partial charge in [-0.15, -0.1) is 0 Å². The van der Waals surface area contributed by atoms with Gasteiger partial charge in [-0.1, -0.05) is 6.92 Å². The molecule has 90 valence electrons. The van der Waals surface area contributed by atoms with E-state index in [2.05, 4.69) is 16.5 Å². The molecule has 0 aliphatic heterocycles. The summed E-state index contributed by atoms with van der Waals surface area (Å²) in [6, 6.07) is 5.22. The van der Waals surface area contributed by atoms with Crippen LogP contribution in [0.4, 0.5) is 4.39 Å². The summed E-state index contributed by atoms with van der Waals surface area (Å²) in [7, 11) is 0.